The van der Waals surface area contributed by atoms with Gasteiger partial charge in [-0.1, -0.05) is 12.1 Å². The highest BCUT2D eigenvalue weighted by Gasteiger charge is 2.10. The van der Waals surface area contributed by atoms with E-state index in [1.54, 1.807) is 7.11 Å². The summed E-state index contributed by atoms with van der Waals surface area (Å²) in [7, 11) is 1.65. The molecule has 0 atom stereocenters. The second kappa shape index (κ2) is 4.37. The molecule has 84 valence electrons. The summed E-state index contributed by atoms with van der Waals surface area (Å²) in [6.45, 7) is 4.93. The van der Waals surface area contributed by atoms with Crippen LogP contribution in [-0.2, 0) is 17.9 Å². The van der Waals surface area contributed by atoms with Crippen molar-refractivity contribution in [2.45, 2.75) is 13.2 Å². The van der Waals surface area contributed by atoms with Crippen LogP contribution in [0.15, 0.2) is 30.9 Å². The van der Waals surface area contributed by atoms with Crippen LogP contribution in [0.5, 0.6) is 0 Å². The average Bonchev–Trinajstić information content (AvgIpc) is 2.61. The molecule has 0 saturated carbocycles. The zero-order chi connectivity index (χ0) is 11.5. The Morgan fingerprint density at radius 1 is 1.56 bits per heavy atom. The first kappa shape index (κ1) is 10.7. The monoisotopic (exact) mass is 217 g/mol. The lowest BCUT2D eigenvalue weighted by Crippen LogP contribution is -2.03. The van der Waals surface area contributed by atoms with Gasteiger partial charge in [-0.25, -0.2) is 4.98 Å². The van der Waals surface area contributed by atoms with E-state index in [1.807, 2.05) is 24.3 Å². The SMILES string of the molecule is C=CCn1c(COC)nc2c(N)cccc21. The molecule has 4 heteroatoms. The molecule has 4 nitrogen and oxygen atoms in total. The summed E-state index contributed by atoms with van der Waals surface area (Å²) in [6, 6.07) is 5.78. The summed E-state index contributed by atoms with van der Waals surface area (Å²) in [5.74, 6) is 0.871. The number of nitrogens with two attached hydrogens (primary N) is 1. The summed E-state index contributed by atoms with van der Waals surface area (Å²) in [4.78, 5) is 4.49. The molecule has 1 aromatic carbocycles. The van der Waals surface area contributed by atoms with E-state index in [2.05, 4.69) is 16.1 Å². The molecule has 0 aliphatic rings. The Morgan fingerprint density at radius 2 is 2.38 bits per heavy atom. The normalized spacial score (nSPS) is 10.8. The molecule has 0 aliphatic heterocycles. The molecule has 0 fully saturated rings. The van der Waals surface area contributed by atoms with Gasteiger partial charge in [-0.2, -0.15) is 0 Å². The number of hydrogen-bond donors (Lipinski definition) is 1. The van der Waals surface area contributed by atoms with Gasteiger partial charge in [0, 0.05) is 13.7 Å². The first-order chi connectivity index (χ1) is 7.77. The third kappa shape index (κ3) is 1.67. The van der Waals surface area contributed by atoms with Crippen LogP contribution in [0.2, 0.25) is 0 Å². The minimum atomic E-state index is 0.474. The van der Waals surface area contributed by atoms with Crippen LogP contribution in [0, 0.1) is 0 Å². The zero-order valence-corrected chi connectivity index (χ0v) is 9.31. The highest BCUT2D eigenvalue weighted by atomic mass is 16.5. The molecule has 2 N–H and O–H groups in total. The Kier molecular flexibility index (Phi) is 2.92. The van der Waals surface area contributed by atoms with Crippen molar-refractivity contribution in [2.75, 3.05) is 12.8 Å². The van der Waals surface area contributed by atoms with Gasteiger partial charge in [0.15, 0.2) is 0 Å². The lowest BCUT2D eigenvalue weighted by molar-refractivity contribution is 0.175. The third-order valence-corrected chi connectivity index (χ3v) is 2.47. The van der Waals surface area contributed by atoms with E-state index in [9.17, 15) is 0 Å². The van der Waals surface area contributed by atoms with Gasteiger partial charge >= 0.3 is 0 Å². The number of hydrogen-bond acceptors (Lipinski definition) is 3. The Balaban J connectivity index is 2.65. The van der Waals surface area contributed by atoms with Crippen molar-refractivity contribution in [2.24, 2.45) is 0 Å². The molecule has 2 rings (SSSR count). The van der Waals surface area contributed by atoms with Crippen molar-refractivity contribution in [3.8, 4) is 0 Å². The number of nitrogen functional groups attached to an aromatic ring is 1. The van der Waals surface area contributed by atoms with Crippen LogP contribution in [-0.4, -0.2) is 16.7 Å². The van der Waals surface area contributed by atoms with Crippen molar-refractivity contribution in [1.29, 1.82) is 0 Å². The van der Waals surface area contributed by atoms with Crippen LogP contribution in [0.1, 0.15) is 5.82 Å². The highest BCUT2D eigenvalue weighted by Crippen LogP contribution is 2.22. The van der Waals surface area contributed by atoms with Gasteiger partial charge in [0.1, 0.15) is 17.9 Å². The lowest BCUT2D eigenvalue weighted by atomic mass is 10.3. The predicted molar refractivity (Wildman–Crippen MR) is 65.1 cm³/mol. The van der Waals surface area contributed by atoms with E-state index < -0.39 is 0 Å². The summed E-state index contributed by atoms with van der Waals surface area (Å²) < 4.78 is 7.18. The van der Waals surface area contributed by atoms with Gasteiger partial charge in [0.2, 0.25) is 0 Å². The summed E-state index contributed by atoms with van der Waals surface area (Å²) in [5.41, 5.74) is 8.43. The molecule has 2 aromatic rings. The topological polar surface area (TPSA) is 53.1 Å². The van der Waals surface area contributed by atoms with E-state index in [4.69, 9.17) is 10.5 Å². The third-order valence-electron chi connectivity index (χ3n) is 2.47. The molecule has 0 amide bonds. The van der Waals surface area contributed by atoms with E-state index in [0.29, 0.717) is 18.8 Å². The minimum Gasteiger partial charge on any atom is -0.397 e. The van der Waals surface area contributed by atoms with Gasteiger partial charge in [0.25, 0.3) is 0 Å². The first-order valence-electron chi connectivity index (χ1n) is 5.11. The number of rotatable bonds is 4. The molecule has 0 saturated heterocycles. The molecule has 0 spiro atoms. The van der Waals surface area contributed by atoms with E-state index in [-0.39, 0.29) is 0 Å². The largest absolute Gasteiger partial charge is 0.397 e. The quantitative estimate of drug-likeness (QED) is 0.629. The van der Waals surface area contributed by atoms with Crippen molar-refractivity contribution >= 4 is 16.7 Å². The maximum Gasteiger partial charge on any atom is 0.136 e. The number of imidazole rings is 1. The number of fused-ring (bicyclic) bond motifs is 1. The van der Waals surface area contributed by atoms with Crippen molar-refractivity contribution in [1.82, 2.24) is 9.55 Å². The Labute approximate surface area is 94.3 Å². The van der Waals surface area contributed by atoms with E-state index in [0.717, 1.165) is 16.9 Å². The fraction of sp³-hybridized carbons (Fsp3) is 0.250. The number of aromatic nitrogens is 2. The second-order valence-electron chi connectivity index (χ2n) is 3.58. The van der Waals surface area contributed by atoms with Gasteiger partial charge in [0.05, 0.1) is 11.2 Å². The van der Waals surface area contributed by atoms with Crippen LogP contribution in [0.4, 0.5) is 5.69 Å². The van der Waals surface area contributed by atoms with Gasteiger partial charge in [-0.3, -0.25) is 0 Å². The van der Waals surface area contributed by atoms with E-state index >= 15 is 0 Å². The first-order valence-corrected chi connectivity index (χ1v) is 5.11. The minimum absolute atomic E-state index is 0.474. The van der Waals surface area contributed by atoms with Gasteiger partial charge < -0.3 is 15.0 Å². The summed E-state index contributed by atoms with van der Waals surface area (Å²) in [5, 5.41) is 0. The lowest BCUT2D eigenvalue weighted by Gasteiger charge is -2.04. The molecule has 0 bridgehead atoms. The Hall–Kier alpha value is -1.81. The fourth-order valence-electron chi connectivity index (χ4n) is 1.79. The molecule has 0 radical (unpaired) electrons. The number of ether oxygens (including phenoxy) is 1. The van der Waals surface area contributed by atoms with E-state index in [1.165, 1.54) is 0 Å². The number of para-hydroxylation sites is 1. The number of allylic oxidation sites excluding steroid dienone is 1. The van der Waals surface area contributed by atoms with Crippen molar-refractivity contribution < 1.29 is 4.74 Å². The summed E-state index contributed by atoms with van der Waals surface area (Å²) in [6.07, 6.45) is 1.84. The zero-order valence-electron chi connectivity index (χ0n) is 9.31. The van der Waals surface area contributed by atoms with Crippen LogP contribution in [0.3, 0.4) is 0 Å². The van der Waals surface area contributed by atoms with Crippen molar-refractivity contribution in [3.63, 3.8) is 0 Å². The van der Waals surface area contributed by atoms with Gasteiger partial charge in [-0.05, 0) is 12.1 Å². The number of methoxy groups -OCH3 is 1. The molecular formula is C12H15N3O. The predicted octanol–water partition coefficient (Wildman–Crippen LogP) is 1.95. The average molecular weight is 217 g/mol. The van der Waals surface area contributed by atoms with Crippen LogP contribution in [0.25, 0.3) is 11.0 Å². The van der Waals surface area contributed by atoms with Crippen LogP contribution >= 0.6 is 0 Å². The number of benzene rings is 1. The Bertz CT molecular complexity index is 516. The number of anilines is 1. The smallest absolute Gasteiger partial charge is 0.136 e. The molecule has 1 heterocycles. The fourth-order valence-corrected chi connectivity index (χ4v) is 1.79. The maximum absolute atomic E-state index is 5.89. The molecular weight excluding hydrogens is 202 g/mol. The highest BCUT2D eigenvalue weighted by molar-refractivity contribution is 5.87. The molecule has 16 heavy (non-hydrogen) atoms. The second-order valence-corrected chi connectivity index (χ2v) is 3.58. The van der Waals surface area contributed by atoms with Gasteiger partial charge in [-0.15, -0.1) is 6.58 Å². The van der Waals surface area contributed by atoms with Crippen LogP contribution < -0.4 is 5.73 Å². The molecule has 0 aliphatic carbocycles. The Morgan fingerprint density at radius 3 is 3.06 bits per heavy atom. The number of nitrogens with zero attached hydrogens (tertiary/aromatic N) is 2. The standard InChI is InChI=1S/C12H15N3O/c1-3-7-15-10-6-4-5-9(13)12(10)14-11(15)8-16-2/h3-6H,1,7-8,13H2,2H3. The maximum atomic E-state index is 5.89. The summed E-state index contributed by atoms with van der Waals surface area (Å²) >= 11 is 0. The molecule has 0 unspecified atom stereocenters. The van der Waals surface area contributed by atoms with Crippen molar-refractivity contribution in [3.05, 3.63) is 36.7 Å². The molecule has 1 aromatic heterocycles.